The van der Waals surface area contributed by atoms with Crippen LogP contribution in [0.4, 0.5) is 0 Å². The minimum absolute atomic E-state index is 0.345. The Balaban J connectivity index is 0. The van der Waals surface area contributed by atoms with Gasteiger partial charge in [0.1, 0.15) is 0 Å². The summed E-state index contributed by atoms with van der Waals surface area (Å²) in [4.78, 5) is 10.3. The highest BCUT2D eigenvalue weighted by Crippen LogP contribution is 2.12. The molecule has 1 N–H and O–H groups in total. The first-order valence-corrected chi connectivity index (χ1v) is 12.1. The number of carboxylic acid groups (broad SMARTS) is 1. The van der Waals surface area contributed by atoms with Crippen LogP contribution in [-0.4, -0.2) is 41.7 Å². The number of nitrogens with zero attached hydrogens (tertiary/aromatic N) is 1. The molecule has 27 heavy (non-hydrogen) atoms. The van der Waals surface area contributed by atoms with Crippen LogP contribution in [0.3, 0.4) is 0 Å². The monoisotopic (exact) mass is 386 g/mol. The Hall–Kier alpha value is -0.570. The molecule has 164 valence electrons. The number of carbonyl (C=O) groups is 1. The van der Waals surface area contributed by atoms with Crippen LogP contribution in [0, 0.1) is 0 Å². The number of hydrogen-bond donors (Lipinski definition) is 1. The normalized spacial score (nSPS) is 11.1. The fourth-order valence-corrected chi connectivity index (χ4v) is 3.64. The van der Waals surface area contributed by atoms with Gasteiger partial charge in [-0.05, 0) is 34.1 Å². The number of rotatable bonds is 18. The van der Waals surface area contributed by atoms with Gasteiger partial charge in [-0.25, -0.2) is 0 Å². The second-order valence-electron chi connectivity index (χ2n) is 7.99. The number of carboxylic acids is 1. The van der Waals surface area contributed by atoms with E-state index in [-0.39, 0.29) is 0 Å². The number of aliphatic carboxylic acids is 1. The summed E-state index contributed by atoms with van der Waals surface area (Å²) >= 11 is 0. The van der Waals surface area contributed by atoms with Gasteiger partial charge in [-0.2, -0.15) is 0 Å². The summed E-state index contributed by atoms with van der Waals surface area (Å²) in [5.74, 6) is -0.655. The van der Waals surface area contributed by atoms with Crippen molar-refractivity contribution in [1.82, 2.24) is 0 Å². The molecule has 0 aliphatic rings. The Morgan fingerprint density at radius 2 is 0.852 bits per heavy atom. The molecule has 0 atom stereocenters. The minimum Gasteiger partial charge on any atom is -0.481 e. The van der Waals surface area contributed by atoms with Gasteiger partial charge in [0.25, 0.3) is 0 Å². The SMILES string of the molecule is CCCCCCCCCCCCCCCC(=O)O.CC[N+](CC)(CC)CC. The van der Waals surface area contributed by atoms with Gasteiger partial charge in [-0.15, -0.1) is 0 Å². The van der Waals surface area contributed by atoms with Crippen molar-refractivity contribution in [3.8, 4) is 0 Å². The second-order valence-corrected chi connectivity index (χ2v) is 7.99. The molecule has 0 aromatic rings. The van der Waals surface area contributed by atoms with E-state index in [1.807, 2.05) is 0 Å². The van der Waals surface area contributed by atoms with Crippen LogP contribution >= 0.6 is 0 Å². The molecule has 0 rings (SSSR count). The van der Waals surface area contributed by atoms with E-state index in [1.165, 1.54) is 101 Å². The minimum atomic E-state index is -0.655. The van der Waals surface area contributed by atoms with Crippen LogP contribution in [0.2, 0.25) is 0 Å². The van der Waals surface area contributed by atoms with Crippen molar-refractivity contribution >= 4 is 5.97 Å². The van der Waals surface area contributed by atoms with E-state index in [0.29, 0.717) is 6.42 Å². The second kappa shape index (κ2) is 21.7. The molecule has 0 saturated heterocycles. The fourth-order valence-electron chi connectivity index (χ4n) is 3.64. The van der Waals surface area contributed by atoms with Gasteiger partial charge in [0.2, 0.25) is 0 Å². The summed E-state index contributed by atoms with van der Waals surface area (Å²) in [5.41, 5.74) is 0. The molecule has 0 aromatic heterocycles. The lowest BCUT2D eigenvalue weighted by molar-refractivity contribution is -0.921. The largest absolute Gasteiger partial charge is 0.481 e. The predicted molar refractivity (Wildman–Crippen MR) is 120 cm³/mol. The first kappa shape index (κ1) is 28.6. The smallest absolute Gasteiger partial charge is 0.303 e. The Morgan fingerprint density at radius 3 is 1.07 bits per heavy atom. The summed E-state index contributed by atoms with van der Waals surface area (Å²) in [6.45, 7) is 16.5. The van der Waals surface area contributed by atoms with Crippen molar-refractivity contribution in [2.24, 2.45) is 0 Å². The topological polar surface area (TPSA) is 37.3 Å². The molecular weight excluding hydrogens is 334 g/mol. The van der Waals surface area contributed by atoms with E-state index in [0.717, 1.165) is 12.8 Å². The molecule has 0 fully saturated rings. The van der Waals surface area contributed by atoms with Crippen LogP contribution in [0.15, 0.2) is 0 Å². The van der Waals surface area contributed by atoms with Crippen LogP contribution in [0.1, 0.15) is 125 Å². The highest BCUT2D eigenvalue weighted by molar-refractivity contribution is 5.66. The van der Waals surface area contributed by atoms with Crippen LogP contribution in [0.25, 0.3) is 0 Å². The summed E-state index contributed by atoms with van der Waals surface area (Å²) in [6.07, 6.45) is 17.3. The molecule has 0 aliphatic heterocycles. The highest BCUT2D eigenvalue weighted by Gasteiger charge is 2.16. The molecule has 0 spiro atoms. The quantitative estimate of drug-likeness (QED) is 0.196. The maximum absolute atomic E-state index is 10.3. The summed E-state index contributed by atoms with van der Waals surface area (Å²) < 4.78 is 1.28. The van der Waals surface area contributed by atoms with Gasteiger partial charge < -0.3 is 9.59 Å². The molecule has 0 heterocycles. The predicted octanol–water partition coefficient (Wildman–Crippen LogP) is 7.44. The Kier molecular flexibility index (Phi) is 23.0. The summed E-state index contributed by atoms with van der Waals surface area (Å²) in [6, 6.07) is 0. The zero-order valence-corrected chi connectivity index (χ0v) is 19.5. The first-order valence-electron chi connectivity index (χ1n) is 12.1. The summed E-state index contributed by atoms with van der Waals surface area (Å²) in [5, 5.41) is 8.49. The summed E-state index contributed by atoms with van der Waals surface area (Å²) in [7, 11) is 0. The van der Waals surface area contributed by atoms with E-state index in [2.05, 4.69) is 34.6 Å². The molecule has 0 bridgehead atoms. The lowest BCUT2D eigenvalue weighted by Crippen LogP contribution is -2.47. The van der Waals surface area contributed by atoms with E-state index in [4.69, 9.17) is 5.11 Å². The van der Waals surface area contributed by atoms with E-state index in [9.17, 15) is 4.79 Å². The molecule has 0 aliphatic carbocycles. The third-order valence-electron chi connectivity index (χ3n) is 6.18. The van der Waals surface area contributed by atoms with Gasteiger partial charge in [0.15, 0.2) is 0 Å². The molecule has 0 unspecified atom stereocenters. The van der Waals surface area contributed by atoms with Gasteiger partial charge in [-0.1, -0.05) is 84.0 Å². The molecule has 3 heteroatoms. The standard InChI is InChI=1S/C16H32O2.C8H20N/c1-2-3-4-5-6-7-8-9-10-11-12-13-14-15-16(17)18;1-5-9(6-2,7-3)8-4/h2-15H2,1H3,(H,17,18);5-8H2,1-4H3/q;+1. The van der Waals surface area contributed by atoms with Crippen molar-refractivity contribution in [1.29, 1.82) is 0 Å². The van der Waals surface area contributed by atoms with E-state index < -0.39 is 5.97 Å². The van der Waals surface area contributed by atoms with Gasteiger partial charge in [-0.3, -0.25) is 4.79 Å². The van der Waals surface area contributed by atoms with E-state index in [1.54, 1.807) is 0 Å². The van der Waals surface area contributed by atoms with Crippen LogP contribution in [0.5, 0.6) is 0 Å². The Labute approximate surface area is 171 Å². The Morgan fingerprint density at radius 1 is 0.556 bits per heavy atom. The van der Waals surface area contributed by atoms with Crippen molar-refractivity contribution in [3.63, 3.8) is 0 Å². The highest BCUT2D eigenvalue weighted by atomic mass is 16.4. The third kappa shape index (κ3) is 20.0. The zero-order chi connectivity index (χ0) is 20.8. The molecule has 0 aromatic carbocycles. The van der Waals surface area contributed by atoms with Gasteiger partial charge in [0.05, 0.1) is 26.2 Å². The maximum Gasteiger partial charge on any atom is 0.303 e. The van der Waals surface area contributed by atoms with Crippen molar-refractivity contribution in [3.05, 3.63) is 0 Å². The number of hydrogen-bond acceptors (Lipinski definition) is 1. The molecule has 0 amide bonds. The molecular formula is C24H52NO2+. The number of unbranched alkanes of at least 4 members (excludes halogenated alkanes) is 12. The Bertz CT molecular complexity index is 283. The lowest BCUT2D eigenvalue weighted by atomic mass is 10.0. The number of quaternary nitrogens is 1. The average Bonchev–Trinajstić information content (AvgIpc) is 2.68. The van der Waals surface area contributed by atoms with Crippen molar-refractivity contribution in [2.75, 3.05) is 26.2 Å². The van der Waals surface area contributed by atoms with Crippen molar-refractivity contribution < 1.29 is 14.4 Å². The van der Waals surface area contributed by atoms with Crippen LogP contribution < -0.4 is 0 Å². The van der Waals surface area contributed by atoms with E-state index >= 15 is 0 Å². The zero-order valence-electron chi connectivity index (χ0n) is 19.5. The van der Waals surface area contributed by atoms with Crippen LogP contribution in [-0.2, 0) is 4.79 Å². The average molecular weight is 387 g/mol. The van der Waals surface area contributed by atoms with Crippen molar-refractivity contribution in [2.45, 2.75) is 125 Å². The first-order chi connectivity index (χ1) is 13.0. The maximum atomic E-state index is 10.3. The fraction of sp³-hybridized carbons (Fsp3) is 0.958. The third-order valence-corrected chi connectivity index (χ3v) is 6.18. The molecule has 3 nitrogen and oxygen atoms in total. The van der Waals surface area contributed by atoms with Gasteiger partial charge in [0, 0.05) is 6.42 Å². The van der Waals surface area contributed by atoms with Gasteiger partial charge >= 0.3 is 5.97 Å². The molecule has 0 saturated carbocycles. The lowest BCUT2D eigenvalue weighted by Gasteiger charge is -2.34. The molecule has 0 radical (unpaired) electrons.